The Kier molecular flexibility index (Phi) is 2.90. The molecule has 0 fully saturated rings. The molecule has 134 valence electrons. The summed E-state index contributed by atoms with van der Waals surface area (Å²) in [5.41, 5.74) is 6.53. The van der Waals surface area contributed by atoms with E-state index >= 15 is 0 Å². The van der Waals surface area contributed by atoms with Crippen molar-refractivity contribution in [3.05, 3.63) is 122 Å². The van der Waals surface area contributed by atoms with Gasteiger partial charge in [0.25, 0.3) is 0 Å². The maximum atomic E-state index is 13.2. The average Bonchev–Trinajstić information content (AvgIpc) is 3.17. The van der Waals surface area contributed by atoms with E-state index in [9.17, 15) is 9.59 Å². The van der Waals surface area contributed by atoms with Crippen molar-refractivity contribution in [2.45, 2.75) is 6.04 Å². The Morgan fingerprint density at radius 2 is 1.36 bits per heavy atom. The number of nitrogens with zero attached hydrogens (tertiary/aromatic N) is 2. The summed E-state index contributed by atoms with van der Waals surface area (Å²) in [6.07, 6.45) is 0. The highest BCUT2D eigenvalue weighted by Crippen LogP contribution is 2.57. The van der Waals surface area contributed by atoms with Crippen LogP contribution < -0.4 is 11.4 Å². The number of aromatic amines is 1. The molecule has 0 saturated carbocycles. The van der Waals surface area contributed by atoms with Crippen LogP contribution in [0.1, 0.15) is 28.3 Å². The van der Waals surface area contributed by atoms with Crippen molar-refractivity contribution in [1.29, 1.82) is 0 Å². The van der Waals surface area contributed by atoms with Gasteiger partial charge in [-0.25, -0.2) is 23.9 Å². The molecule has 0 spiro atoms. The number of allylic oxidation sites excluding steroid dienone is 1. The van der Waals surface area contributed by atoms with E-state index in [0.29, 0.717) is 5.69 Å². The van der Waals surface area contributed by atoms with E-state index in [1.165, 1.54) is 20.4 Å². The van der Waals surface area contributed by atoms with Crippen molar-refractivity contribution in [3.8, 4) is 5.69 Å². The third kappa shape index (κ3) is 1.80. The second-order valence-electron chi connectivity index (χ2n) is 7.06. The lowest BCUT2D eigenvalue weighted by atomic mass is 9.80. The quantitative estimate of drug-likeness (QED) is 0.593. The van der Waals surface area contributed by atoms with E-state index in [2.05, 4.69) is 23.3 Å². The Morgan fingerprint density at radius 3 is 2.14 bits per heavy atom. The van der Waals surface area contributed by atoms with Gasteiger partial charge in [0.1, 0.15) is 6.04 Å². The van der Waals surface area contributed by atoms with Crippen molar-refractivity contribution in [2.75, 3.05) is 0 Å². The van der Waals surface area contributed by atoms with Crippen LogP contribution in [-0.4, -0.2) is 14.3 Å². The predicted molar refractivity (Wildman–Crippen MR) is 108 cm³/mol. The van der Waals surface area contributed by atoms with Gasteiger partial charge in [-0.15, -0.1) is 0 Å². The highest BCUT2D eigenvalue weighted by Gasteiger charge is 2.42. The van der Waals surface area contributed by atoms with Crippen molar-refractivity contribution in [1.82, 2.24) is 14.3 Å². The van der Waals surface area contributed by atoms with Gasteiger partial charge >= 0.3 is 11.4 Å². The fourth-order valence-electron chi connectivity index (χ4n) is 4.49. The summed E-state index contributed by atoms with van der Waals surface area (Å²) in [6.45, 7) is 0. The normalized spacial score (nSPS) is 16.4. The lowest BCUT2D eigenvalue weighted by molar-refractivity contribution is 0.598. The molecule has 1 heterocycles. The monoisotopic (exact) mass is 365 g/mol. The maximum absolute atomic E-state index is 13.2. The van der Waals surface area contributed by atoms with Crippen molar-refractivity contribution >= 4 is 11.1 Å². The van der Waals surface area contributed by atoms with Crippen LogP contribution in [0.5, 0.6) is 0 Å². The van der Waals surface area contributed by atoms with E-state index in [1.807, 2.05) is 48.5 Å². The molecule has 0 amide bonds. The van der Waals surface area contributed by atoms with Crippen LogP contribution in [-0.2, 0) is 0 Å². The predicted octanol–water partition coefficient (Wildman–Crippen LogP) is 3.20. The number of rotatable bonds is 2. The van der Waals surface area contributed by atoms with Gasteiger partial charge in [-0.05, 0) is 45.5 Å². The second-order valence-corrected chi connectivity index (χ2v) is 7.06. The molecule has 2 aliphatic carbocycles. The molecule has 0 radical (unpaired) electrons. The highest BCUT2D eigenvalue weighted by molar-refractivity contribution is 6.15. The minimum atomic E-state index is -0.435. The number of para-hydroxylation sites is 1. The van der Waals surface area contributed by atoms with Crippen molar-refractivity contribution in [2.24, 2.45) is 0 Å². The Balaban J connectivity index is 1.61. The zero-order valence-electron chi connectivity index (χ0n) is 14.8. The van der Waals surface area contributed by atoms with Crippen molar-refractivity contribution in [3.63, 3.8) is 0 Å². The van der Waals surface area contributed by atoms with Gasteiger partial charge in [-0.1, -0.05) is 66.7 Å². The molecule has 1 N–H and O–H groups in total. The standard InChI is InChI=1S/C23H15N3O2/c27-22-24-26(23(28)25(22)14-8-2-1-3-9-14)21-18-13-7-6-12-17(18)19-15-10-4-5-11-16(15)20(19)21/h1-13,21H,(H,24,27). The topological polar surface area (TPSA) is 59.8 Å². The van der Waals surface area contributed by atoms with Crippen LogP contribution in [0, 0.1) is 0 Å². The number of nitrogens with one attached hydrogen (secondary N) is 1. The third-order valence-electron chi connectivity index (χ3n) is 5.64. The largest absolute Gasteiger partial charge is 0.352 e. The average molecular weight is 365 g/mol. The number of benzene rings is 3. The van der Waals surface area contributed by atoms with Crippen molar-refractivity contribution < 1.29 is 0 Å². The number of H-pyrrole nitrogens is 1. The molecule has 0 aliphatic heterocycles. The van der Waals surface area contributed by atoms with Gasteiger partial charge in [0.15, 0.2) is 0 Å². The first kappa shape index (κ1) is 15.2. The molecule has 5 nitrogen and oxygen atoms in total. The third-order valence-corrected chi connectivity index (χ3v) is 5.64. The number of fused-ring (bicyclic) bond motifs is 5. The number of aromatic nitrogens is 3. The fourth-order valence-corrected chi connectivity index (χ4v) is 4.49. The van der Waals surface area contributed by atoms with Crippen LogP contribution in [0.4, 0.5) is 0 Å². The number of hydrogen-bond donors (Lipinski definition) is 1. The van der Waals surface area contributed by atoms with Gasteiger partial charge in [0, 0.05) is 0 Å². The minimum absolute atomic E-state index is 0.328. The summed E-state index contributed by atoms with van der Waals surface area (Å²) in [7, 11) is 0. The summed E-state index contributed by atoms with van der Waals surface area (Å²) in [4.78, 5) is 25.9. The van der Waals surface area contributed by atoms with E-state index in [1.54, 1.807) is 12.1 Å². The fraction of sp³-hybridized carbons (Fsp3) is 0.0435. The van der Waals surface area contributed by atoms with Crippen LogP contribution >= 0.6 is 0 Å². The number of hydrogen-bond acceptors (Lipinski definition) is 2. The Morgan fingerprint density at radius 1 is 0.714 bits per heavy atom. The van der Waals surface area contributed by atoms with E-state index < -0.39 is 5.69 Å². The Hall–Kier alpha value is -3.86. The second kappa shape index (κ2) is 5.33. The highest BCUT2D eigenvalue weighted by atomic mass is 16.2. The Labute approximate surface area is 159 Å². The summed E-state index contributed by atoms with van der Waals surface area (Å²) in [5, 5.41) is 2.79. The molecule has 28 heavy (non-hydrogen) atoms. The summed E-state index contributed by atoms with van der Waals surface area (Å²) >= 11 is 0. The summed E-state index contributed by atoms with van der Waals surface area (Å²) < 4.78 is 2.65. The molecular weight excluding hydrogens is 350 g/mol. The van der Waals surface area contributed by atoms with E-state index in [0.717, 1.165) is 22.3 Å². The van der Waals surface area contributed by atoms with E-state index in [-0.39, 0.29) is 11.7 Å². The molecule has 6 rings (SSSR count). The Bertz CT molecular complexity index is 1400. The molecule has 0 saturated heterocycles. The van der Waals surface area contributed by atoms with Gasteiger partial charge in [-0.3, -0.25) is 0 Å². The van der Waals surface area contributed by atoms with Gasteiger partial charge in [0.05, 0.1) is 5.69 Å². The van der Waals surface area contributed by atoms with Gasteiger partial charge in [0.2, 0.25) is 0 Å². The molecule has 5 heteroatoms. The summed E-state index contributed by atoms with van der Waals surface area (Å²) in [6, 6.07) is 25.0. The SMILES string of the molecule is O=c1[nH]n(C2C3=C(c4ccccc43)c3ccccc32)c(=O)n1-c1ccccc1. The van der Waals surface area contributed by atoms with Gasteiger partial charge < -0.3 is 0 Å². The molecule has 2 aliphatic rings. The first-order valence-corrected chi connectivity index (χ1v) is 9.18. The van der Waals surface area contributed by atoms with E-state index in [4.69, 9.17) is 0 Å². The first-order valence-electron chi connectivity index (χ1n) is 9.18. The lowest BCUT2D eigenvalue weighted by Crippen LogP contribution is -2.30. The zero-order valence-corrected chi connectivity index (χ0v) is 14.8. The molecule has 1 atom stereocenters. The molecular formula is C23H15N3O2. The van der Waals surface area contributed by atoms with Crippen LogP contribution in [0.3, 0.4) is 0 Å². The van der Waals surface area contributed by atoms with Crippen LogP contribution in [0.15, 0.2) is 88.5 Å². The van der Waals surface area contributed by atoms with Crippen LogP contribution in [0.2, 0.25) is 0 Å². The first-order chi connectivity index (χ1) is 13.8. The minimum Gasteiger partial charge on any atom is -0.246 e. The molecule has 1 aromatic heterocycles. The lowest BCUT2D eigenvalue weighted by Gasteiger charge is -2.26. The zero-order chi connectivity index (χ0) is 18.8. The maximum Gasteiger partial charge on any atom is 0.352 e. The molecule has 0 bridgehead atoms. The molecule has 4 aromatic rings. The molecule has 3 aromatic carbocycles. The van der Waals surface area contributed by atoms with Gasteiger partial charge in [-0.2, -0.15) is 0 Å². The smallest absolute Gasteiger partial charge is 0.246 e. The van der Waals surface area contributed by atoms with Crippen LogP contribution in [0.25, 0.3) is 16.8 Å². The summed E-state index contributed by atoms with van der Waals surface area (Å²) in [5.74, 6) is 0. The molecule has 1 unspecified atom stereocenters.